The van der Waals surface area contributed by atoms with Gasteiger partial charge in [0.05, 0.1) is 17.6 Å². The first kappa shape index (κ1) is 41.7. The van der Waals surface area contributed by atoms with Gasteiger partial charge in [-0.05, 0) is 85.6 Å². The first-order valence-electron chi connectivity index (χ1n) is 20.7. The number of amidine groups is 1. The topological polar surface area (TPSA) is 208 Å². The third-order valence-corrected chi connectivity index (χ3v) is 11.4. The van der Waals surface area contributed by atoms with E-state index in [4.69, 9.17) is 5.73 Å². The van der Waals surface area contributed by atoms with Gasteiger partial charge in [-0.15, -0.1) is 0 Å². The number of hydrogen-bond donors (Lipinski definition) is 5. The fourth-order valence-electron chi connectivity index (χ4n) is 8.03. The number of nitrogens with zero attached hydrogens (tertiary/aromatic N) is 4. The van der Waals surface area contributed by atoms with Crippen LogP contribution in [0.5, 0.6) is 0 Å². The maximum Gasteiger partial charge on any atom is 0.255 e. The van der Waals surface area contributed by atoms with E-state index in [1.165, 1.54) is 17.1 Å². The molecule has 15 heteroatoms. The van der Waals surface area contributed by atoms with Gasteiger partial charge in [-0.3, -0.25) is 43.6 Å². The Balaban J connectivity index is 0.846. The molecule has 0 atom stereocenters. The van der Waals surface area contributed by atoms with Crippen molar-refractivity contribution in [2.24, 2.45) is 22.6 Å². The van der Waals surface area contributed by atoms with Gasteiger partial charge >= 0.3 is 0 Å². The summed E-state index contributed by atoms with van der Waals surface area (Å²) >= 11 is 0. The lowest BCUT2D eigenvalue weighted by atomic mass is 9.81. The monoisotopic (exact) mass is 813 g/mol. The molecule has 7 rings (SSSR count). The molecule has 0 saturated heterocycles. The predicted octanol–water partition coefficient (Wildman–Crippen LogP) is 3.77. The molecule has 1 fully saturated rings. The Morgan fingerprint density at radius 2 is 1.55 bits per heavy atom. The zero-order valence-electron chi connectivity index (χ0n) is 33.8. The number of amides is 6. The van der Waals surface area contributed by atoms with Crippen LogP contribution in [0.3, 0.4) is 0 Å². The maximum absolute atomic E-state index is 13.4. The van der Waals surface area contributed by atoms with E-state index in [9.17, 15) is 28.8 Å². The second-order valence-electron chi connectivity index (χ2n) is 15.8. The van der Waals surface area contributed by atoms with Crippen LogP contribution in [0.15, 0.2) is 77.4 Å². The minimum absolute atomic E-state index is 0.0367. The number of fused-ring (bicyclic) bond motifs is 2. The summed E-state index contributed by atoms with van der Waals surface area (Å²) < 4.78 is 0. The number of imide groups is 1. The number of hydrogen-bond acceptors (Lipinski definition) is 10. The third-order valence-electron chi connectivity index (χ3n) is 11.4. The fraction of sp³-hybridized carbons (Fsp3) is 0.378. The van der Waals surface area contributed by atoms with Crippen LogP contribution in [0.2, 0.25) is 0 Å². The van der Waals surface area contributed by atoms with Gasteiger partial charge in [-0.25, -0.2) is 4.99 Å². The van der Waals surface area contributed by atoms with E-state index in [0.29, 0.717) is 91.6 Å². The molecule has 4 aliphatic rings. The third kappa shape index (κ3) is 10.4. The second kappa shape index (κ2) is 19.1. The highest BCUT2D eigenvalue weighted by Crippen LogP contribution is 2.31. The molecular weight excluding hydrogens is 763 g/mol. The molecule has 1 aliphatic carbocycles. The van der Waals surface area contributed by atoms with Crippen LogP contribution in [-0.2, 0) is 38.7 Å². The number of nitrogens with one attached hydrogen (secondary N) is 4. The zero-order valence-corrected chi connectivity index (χ0v) is 33.8. The van der Waals surface area contributed by atoms with Crippen LogP contribution in [-0.4, -0.2) is 88.8 Å². The summed E-state index contributed by atoms with van der Waals surface area (Å²) in [6.45, 7) is 5.71. The first-order valence-corrected chi connectivity index (χ1v) is 20.7. The second-order valence-corrected chi connectivity index (χ2v) is 15.8. The molecule has 6 N–H and O–H groups in total. The van der Waals surface area contributed by atoms with Crippen molar-refractivity contribution in [3.63, 3.8) is 0 Å². The number of nitrogens with two attached hydrogens (primary N) is 1. The van der Waals surface area contributed by atoms with Crippen LogP contribution in [0.25, 0.3) is 6.08 Å². The quantitative estimate of drug-likeness (QED) is 0.118. The number of carbonyl (C=O) groups excluding carboxylic acids is 6. The van der Waals surface area contributed by atoms with Crippen molar-refractivity contribution in [1.29, 1.82) is 0 Å². The van der Waals surface area contributed by atoms with Crippen LogP contribution in [0.1, 0.15) is 88.5 Å². The molecule has 6 amide bonds. The van der Waals surface area contributed by atoms with Gasteiger partial charge < -0.3 is 27.0 Å². The van der Waals surface area contributed by atoms with Crippen LogP contribution >= 0.6 is 0 Å². The Bertz CT molecular complexity index is 2240. The number of aliphatic imine (C=N–C) groups is 1. The molecule has 3 aromatic rings. The minimum Gasteiger partial charge on any atom is -0.387 e. The van der Waals surface area contributed by atoms with Crippen LogP contribution in [0.4, 0.5) is 11.4 Å². The van der Waals surface area contributed by atoms with Gasteiger partial charge in [-0.1, -0.05) is 25.1 Å². The molecule has 0 bridgehead atoms. The number of anilines is 1. The van der Waals surface area contributed by atoms with Crippen molar-refractivity contribution in [2.75, 3.05) is 38.0 Å². The molecule has 1 aromatic heterocycles. The number of rotatable bonds is 14. The van der Waals surface area contributed by atoms with E-state index in [1.54, 1.807) is 42.6 Å². The molecule has 0 unspecified atom stereocenters. The molecule has 60 heavy (non-hydrogen) atoms. The van der Waals surface area contributed by atoms with E-state index in [2.05, 4.69) is 36.1 Å². The Labute approximate surface area is 349 Å². The van der Waals surface area contributed by atoms with Gasteiger partial charge in [0, 0.05) is 105 Å². The molecule has 3 aliphatic heterocycles. The van der Waals surface area contributed by atoms with E-state index in [1.807, 2.05) is 25.1 Å². The van der Waals surface area contributed by atoms with E-state index in [0.717, 1.165) is 49.0 Å². The van der Waals surface area contributed by atoms with E-state index >= 15 is 0 Å². The molecule has 0 spiro atoms. The summed E-state index contributed by atoms with van der Waals surface area (Å²) in [6, 6.07) is 14.6. The van der Waals surface area contributed by atoms with Crippen molar-refractivity contribution in [1.82, 2.24) is 30.7 Å². The van der Waals surface area contributed by atoms with Crippen molar-refractivity contribution in [3.8, 4) is 0 Å². The van der Waals surface area contributed by atoms with Gasteiger partial charge in [0.2, 0.25) is 11.8 Å². The highest BCUT2D eigenvalue weighted by Gasteiger charge is 2.31. The summed E-state index contributed by atoms with van der Waals surface area (Å²) in [5.41, 5.74) is 12.5. The zero-order chi connectivity index (χ0) is 42.2. The van der Waals surface area contributed by atoms with Crippen LogP contribution in [0, 0.1) is 11.8 Å². The lowest BCUT2D eigenvalue weighted by molar-refractivity contribution is -0.138. The summed E-state index contributed by atoms with van der Waals surface area (Å²) in [4.78, 5) is 88.0. The molecule has 2 aromatic carbocycles. The lowest BCUT2D eigenvalue weighted by Crippen LogP contribution is -2.40. The molecule has 1 saturated carbocycles. The van der Waals surface area contributed by atoms with E-state index < -0.39 is 0 Å². The molecule has 4 heterocycles. The molecule has 312 valence electrons. The maximum atomic E-state index is 13.4. The summed E-state index contributed by atoms with van der Waals surface area (Å²) in [6.07, 6.45) is 10.8. The van der Waals surface area contributed by atoms with Gasteiger partial charge in [0.15, 0.2) is 0 Å². The molecule has 15 nitrogen and oxygen atoms in total. The standard InChI is InChI=1S/C45H51N9O6/c1-2-16-47-44(59)34-20-32-11-12-33(22-38(32)52-39(46)23-34)45(60)51-36-21-35-27-53(19-15-37(35)50-24-36)25-28-3-7-30(8-4-28)42(57)48-17-18-49-43(58)31-9-5-29(6-10-31)26-54-40(55)13-14-41(54)56/h3-4,7-8,11-14,20-22,24,29,31H,2,5-6,9-10,15-19,23,25-27H2,1H3,(H2,46,52)(H,47,59)(H,48,57)(H,49,58)(H,51,60). The number of carbonyl (C=O) groups is 6. The summed E-state index contributed by atoms with van der Waals surface area (Å²) in [5.74, 6) is -0.910. The Hall–Kier alpha value is -6.48. The molecule has 0 radical (unpaired) electrons. The first-order chi connectivity index (χ1) is 29.0. The SMILES string of the molecule is CCCNC(=O)C1=Cc2ccc(C(=O)Nc3cnc4c(c3)CN(Cc3ccc(C(=O)NCCNC(=O)C5CCC(CN6C(=O)C=CC6=O)CC5)cc3)CC4)cc2N=C(N)C1. The van der Waals surface area contributed by atoms with Gasteiger partial charge in [0.25, 0.3) is 23.6 Å². The normalized spacial score (nSPS) is 18.7. The van der Waals surface area contributed by atoms with Crippen molar-refractivity contribution < 1.29 is 28.8 Å². The average molecular weight is 814 g/mol. The van der Waals surface area contributed by atoms with Gasteiger partial charge in [-0.2, -0.15) is 0 Å². The van der Waals surface area contributed by atoms with Gasteiger partial charge in [0.1, 0.15) is 5.84 Å². The largest absolute Gasteiger partial charge is 0.387 e. The summed E-state index contributed by atoms with van der Waals surface area (Å²) in [5, 5.41) is 11.7. The highest BCUT2D eigenvalue weighted by atomic mass is 16.2. The summed E-state index contributed by atoms with van der Waals surface area (Å²) in [7, 11) is 0. The molecular formula is C45H51N9O6. The minimum atomic E-state index is -0.314. The van der Waals surface area contributed by atoms with Crippen LogP contribution < -0.4 is 27.0 Å². The highest BCUT2D eigenvalue weighted by molar-refractivity contribution is 6.13. The van der Waals surface area contributed by atoms with Crippen molar-refractivity contribution in [2.45, 2.75) is 65.0 Å². The number of aromatic nitrogens is 1. The Morgan fingerprint density at radius 3 is 2.30 bits per heavy atom. The fourth-order valence-corrected chi connectivity index (χ4v) is 8.03. The average Bonchev–Trinajstić information content (AvgIpc) is 3.45. The van der Waals surface area contributed by atoms with Crippen molar-refractivity contribution >= 4 is 58.7 Å². The Morgan fingerprint density at radius 1 is 0.833 bits per heavy atom. The predicted molar refractivity (Wildman–Crippen MR) is 227 cm³/mol. The number of pyridine rings is 1. The smallest absolute Gasteiger partial charge is 0.255 e. The Kier molecular flexibility index (Phi) is 13.2. The lowest BCUT2D eigenvalue weighted by Gasteiger charge is -2.30. The van der Waals surface area contributed by atoms with Crippen molar-refractivity contribution in [3.05, 3.63) is 106 Å². The van der Waals surface area contributed by atoms with E-state index in [-0.39, 0.29) is 53.7 Å². The number of benzene rings is 2.